The fourth-order valence-corrected chi connectivity index (χ4v) is 6.48. The molecular weight excluding hydrogens is 554 g/mol. The minimum atomic E-state index is -4.02. The van der Waals surface area contributed by atoms with Gasteiger partial charge < -0.3 is 5.11 Å². The number of hydrogen-bond donors (Lipinski definition) is 3. The van der Waals surface area contributed by atoms with Crippen LogP contribution in [0.25, 0.3) is 22.2 Å². The van der Waals surface area contributed by atoms with Crippen LogP contribution in [-0.2, 0) is 14.8 Å². The van der Waals surface area contributed by atoms with E-state index < -0.39 is 27.9 Å². The number of nitrogens with one attached hydrogen (secondary N) is 1. The lowest BCUT2D eigenvalue weighted by atomic mass is 10.0. The number of aliphatic carboxylic acids is 1. The summed E-state index contributed by atoms with van der Waals surface area (Å²) in [4.78, 5) is 32.4. The van der Waals surface area contributed by atoms with Crippen molar-refractivity contribution in [3.05, 3.63) is 88.7 Å². The lowest BCUT2D eigenvalue weighted by Gasteiger charge is -2.21. The molecule has 2 aromatic heterocycles. The van der Waals surface area contributed by atoms with Gasteiger partial charge in [0.1, 0.15) is 6.04 Å². The van der Waals surface area contributed by atoms with Crippen LogP contribution < -0.4 is 11.3 Å². The molecule has 10 nitrogen and oxygen atoms in total. The van der Waals surface area contributed by atoms with Crippen molar-refractivity contribution in [1.82, 2.24) is 19.7 Å². The number of nitrogens with two attached hydrogens (primary N) is 1. The van der Waals surface area contributed by atoms with Crippen molar-refractivity contribution in [2.45, 2.75) is 23.8 Å². The average molecular weight is 576 g/mol. The molecule has 1 aliphatic heterocycles. The molecule has 5 rings (SSSR count). The molecule has 1 aliphatic rings. The first kappa shape index (κ1) is 27.2. The van der Waals surface area contributed by atoms with Gasteiger partial charge in [0.05, 0.1) is 26.7 Å². The van der Waals surface area contributed by atoms with Gasteiger partial charge in [-0.25, -0.2) is 19.2 Å². The molecule has 202 valence electrons. The van der Waals surface area contributed by atoms with Gasteiger partial charge in [0.15, 0.2) is 0 Å². The Hall–Kier alpha value is -4.34. The Kier molecular flexibility index (Phi) is 7.51. The van der Waals surface area contributed by atoms with Crippen molar-refractivity contribution < 1.29 is 23.1 Å². The van der Waals surface area contributed by atoms with E-state index in [2.05, 4.69) is 27.2 Å². The highest BCUT2D eigenvalue weighted by molar-refractivity contribution is 7.89. The molecule has 12 heteroatoms. The van der Waals surface area contributed by atoms with Crippen LogP contribution in [0.4, 0.5) is 0 Å². The van der Waals surface area contributed by atoms with Gasteiger partial charge >= 0.3 is 5.97 Å². The van der Waals surface area contributed by atoms with Crippen molar-refractivity contribution in [1.29, 1.82) is 0 Å². The number of carbonyl (C=O) groups excluding carboxylic acids is 1. The van der Waals surface area contributed by atoms with Gasteiger partial charge in [-0.15, -0.1) is 0 Å². The molecule has 0 aliphatic carbocycles. The number of sulfonamides is 1. The fraction of sp³-hybridized carbons (Fsp3) is 0.143. The molecule has 1 amide bonds. The molecule has 1 saturated heterocycles. The van der Waals surface area contributed by atoms with E-state index in [-0.39, 0.29) is 22.9 Å². The number of carbonyl (C=O) groups is 2. The molecule has 1 atom stereocenters. The third kappa shape index (κ3) is 5.25. The largest absolute Gasteiger partial charge is 0.480 e. The average Bonchev–Trinajstić information content (AvgIpc) is 3.47. The van der Waals surface area contributed by atoms with Crippen LogP contribution in [0.15, 0.2) is 71.9 Å². The van der Waals surface area contributed by atoms with Gasteiger partial charge in [-0.3, -0.25) is 20.0 Å². The van der Waals surface area contributed by atoms with E-state index in [0.717, 1.165) is 9.87 Å². The molecule has 0 bridgehead atoms. The quantitative estimate of drug-likeness (QED) is 0.142. The number of aromatic nitrogens is 2. The zero-order chi connectivity index (χ0) is 28.4. The molecule has 0 saturated carbocycles. The minimum Gasteiger partial charge on any atom is -0.480 e. The zero-order valence-electron chi connectivity index (χ0n) is 20.8. The van der Waals surface area contributed by atoms with Crippen LogP contribution in [0, 0.1) is 11.8 Å². The van der Waals surface area contributed by atoms with Gasteiger partial charge in [-0.05, 0) is 55.3 Å². The SMILES string of the molecule is NNC(=O)c1cc(-c2ccc(C#Cc3ccc(S(=O)(=O)N4CCCC4C(=O)O)cc3Cl)cc2)nc2ccncc12. The topological polar surface area (TPSA) is 156 Å². The van der Waals surface area contributed by atoms with E-state index in [1.54, 1.807) is 36.7 Å². The van der Waals surface area contributed by atoms with E-state index in [9.17, 15) is 23.1 Å². The minimum absolute atomic E-state index is 0.0816. The lowest BCUT2D eigenvalue weighted by molar-refractivity contribution is -0.140. The van der Waals surface area contributed by atoms with Crippen molar-refractivity contribution in [3.63, 3.8) is 0 Å². The zero-order valence-corrected chi connectivity index (χ0v) is 22.4. The van der Waals surface area contributed by atoms with Crippen LogP contribution in [-0.4, -0.2) is 52.3 Å². The number of hydrazine groups is 1. The van der Waals surface area contributed by atoms with Crippen LogP contribution in [0.1, 0.15) is 34.3 Å². The molecule has 40 heavy (non-hydrogen) atoms. The highest BCUT2D eigenvalue weighted by Crippen LogP contribution is 2.29. The summed E-state index contributed by atoms with van der Waals surface area (Å²) in [6.07, 6.45) is 3.89. The van der Waals surface area contributed by atoms with E-state index in [1.165, 1.54) is 18.2 Å². The second-order valence-electron chi connectivity index (χ2n) is 9.00. The summed E-state index contributed by atoms with van der Waals surface area (Å²) < 4.78 is 27.0. The predicted molar refractivity (Wildman–Crippen MR) is 149 cm³/mol. The van der Waals surface area contributed by atoms with E-state index in [4.69, 9.17) is 17.4 Å². The first-order chi connectivity index (χ1) is 19.2. The van der Waals surface area contributed by atoms with Gasteiger partial charge in [-0.2, -0.15) is 4.31 Å². The number of rotatable bonds is 5. The van der Waals surface area contributed by atoms with Crippen molar-refractivity contribution in [3.8, 4) is 23.1 Å². The molecule has 4 aromatic rings. The Bertz CT molecular complexity index is 1820. The highest BCUT2D eigenvalue weighted by Gasteiger charge is 2.39. The Morgan fingerprint density at radius 1 is 1.10 bits per heavy atom. The standard InChI is InChI=1S/C28H22ClN5O5S/c29-23-14-20(40(38,39)34-13-1-2-26(34)28(36)37)10-9-18(23)6-3-17-4-7-19(8-5-17)25-15-21(27(35)33-30)22-16-31-12-11-24(22)32-25/h4-5,7-12,14-16,26H,1-2,13,30H2,(H,33,35)(H,36,37). The predicted octanol–water partition coefficient (Wildman–Crippen LogP) is 3.19. The van der Waals surface area contributed by atoms with Gasteiger partial charge in [-0.1, -0.05) is 35.6 Å². The smallest absolute Gasteiger partial charge is 0.322 e. The third-order valence-electron chi connectivity index (χ3n) is 6.54. The molecule has 3 heterocycles. The summed E-state index contributed by atoms with van der Waals surface area (Å²) in [6.45, 7) is 0.141. The second kappa shape index (κ2) is 11.0. The summed E-state index contributed by atoms with van der Waals surface area (Å²) >= 11 is 6.36. The summed E-state index contributed by atoms with van der Waals surface area (Å²) in [5.74, 6) is 9.67. The molecule has 1 fully saturated rings. The summed E-state index contributed by atoms with van der Waals surface area (Å²) in [7, 11) is -4.02. The summed E-state index contributed by atoms with van der Waals surface area (Å²) in [6, 6.07) is 13.6. The normalized spacial score (nSPS) is 15.4. The fourth-order valence-electron chi connectivity index (χ4n) is 4.51. The second-order valence-corrected chi connectivity index (χ2v) is 11.3. The highest BCUT2D eigenvalue weighted by atomic mass is 35.5. The number of carboxylic acid groups (broad SMARTS) is 1. The number of nitrogens with zero attached hydrogens (tertiary/aromatic N) is 3. The molecule has 2 aromatic carbocycles. The van der Waals surface area contributed by atoms with Crippen LogP contribution in [0.3, 0.4) is 0 Å². The van der Waals surface area contributed by atoms with Crippen molar-refractivity contribution >= 4 is 44.4 Å². The van der Waals surface area contributed by atoms with Crippen molar-refractivity contribution in [2.75, 3.05) is 6.54 Å². The van der Waals surface area contributed by atoms with Crippen molar-refractivity contribution in [2.24, 2.45) is 5.84 Å². The number of carboxylic acids is 1. The molecule has 4 N–H and O–H groups in total. The molecule has 0 radical (unpaired) electrons. The van der Waals surface area contributed by atoms with E-state index >= 15 is 0 Å². The van der Waals surface area contributed by atoms with Crippen LogP contribution >= 0.6 is 11.6 Å². The molecule has 0 spiro atoms. The maximum absolute atomic E-state index is 13.0. The number of nitrogen functional groups attached to an aromatic ring is 1. The van der Waals surface area contributed by atoms with E-state index in [1.807, 2.05) is 12.1 Å². The Morgan fingerprint density at radius 2 is 1.88 bits per heavy atom. The van der Waals surface area contributed by atoms with E-state index in [0.29, 0.717) is 39.7 Å². The number of fused-ring (bicyclic) bond motifs is 1. The summed E-state index contributed by atoms with van der Waals surface area (Å²) in [5, 5.41) is 10.1. The maximum Gasteiger partial charge on any atom is 0.322 e. The Balaban J connectivity index is 1.39. The van der Waals surface area contributed by atoms with Gasteiger partial charge in [0, 0.05) is 41.0 Å². The molecular formula is C28H22ClN5O5S. The molecule has 1 unspecified atom stereocenters. The monoisotopic (exact) mass is 575 g/mol. The first-order valence-electron chi connectivity index (χ1n) is 12.1. The van der Waals surface area contributed by atoms with Gasteiger partial charge in [0.25, 0.3) is 5.91 Å². The lowest BCUT2D eigenvalue weighted by Crippen LogP contribution is -2.40. The van der Waals surface area contributed by atoms with Crippen LogP contribution in [0.2, 0.25) is 5.02 Å². The van der Waals surface area contributed by atoms with Crippen LogP contribution in [0.5, 0.6) is 0 Å². The first-order valence-corrected chi connectivity index (χ1v) is 13.9. The number of pyridine rings is 2. The third-order valence-corrected chi connectivity index (χ3v) is 8.76. The van der Waals surface area contributed by atoms with Gasteiger partial charge in [0.2, 0.25) is 10.0 Å². The Morgan fingerprint density at radius 3 is 2.58 bits per heavy atom. The maximum atomic E-state index is 13.0. The Labute approximate surface area is 234 Å². The number of halogens is 1. The number of amides is 1. The summed E-state index contributed by atoms with van der Waals surface area (Å²) in [5.41, 5.74) is 5.50. The number of hydrogen-bond acceptors (Lipinski definition) is 7. The number of benzene rings is 2.